The third-order valence-electron chi connectivity index (χ3n) is 3.33. The first-order valence-electron chi connectivity index (χ1n) is 6.78. The van der Waals surface area contributed by atoms with Crippen LogP contribution in [0.1, 0.15) is 23.2 Å². The molecule has 1 aromatic carbocycles. The Morgan fingerprint density at radius 2 is 2.05 bits per heavy atom. The molecular weight excluding hydrogens is 304 g/mol. The molecular formula is C16H15ClN2OS. The molecule has 0 aliphatic carbocycles. The van der Waals surface area contributed by atoms with E-state index in [9.17, 15) is 0 Å². The molecule has 0 fully saturated rings. The highest BCUT2D eigenvalue weighted by Crippen LogP contribution is 2.30. The Hall–Kier alpha value is -1.65. The quantitative estimate of drug-likeness (QED) is 0.664. The molecule has 108 valence electrons. The monoisotopic (exact) mass is 318 g/mol. The van der Waals surface area contributed by atoms with E-state index in [1.807, 2.05) is 24.3 Å². The van der Waals surface area contributed by atoms with Gasteiger partial charge in [-0.15, -0.1) is 11.3 Å². The molecule has 5 heteroatoms. The van der Waals surface area contributed by atoms with E-state index >= 15 is 0 Å². The zero-order valence-electron chi connectivity index (χ0n) is 11.9. The van der Waals surface area contributed by atoms with Crippen LogP contribution in [-0.4, -0.2) is 17.1 Å². The molecule has 0 atom stereocenters. The van der Waals surface area contributed by atoms with E-state index in [1.54, 1.807) is 18.4 Å². The van der Waals surface area contributed by atoms with Gasteiger partial charge in [0.2, 0.25) is 0 Å². The van der Waals surface area contributed by atoms with E-state index in [1.165, 1.54) is 4.88 Å². The molecule has 0 unspecified atom stereocenters. The molecule has 0 spiro atoms. The van der Waals surface area contributed by atoms with E-state index in [2.05, 4.69) is 23.0 Å². The Morgan fingerprint density at radius 1 is 1.24 bits per heavy atom. The van der Waals surface area contributed by atoms with Gasteiger partial charge < -0.3 is 4.74 Å². The van der Waals surface area contributed by atoms with Gasteiger partial charge in [0.05, 0.1) is 7.11 Å². The molecule has 3 rings (SSSR count). The molecule has 3 aromatic rings. The number of aromatic nitrogens is 2. The minimum Gasteiger partial charge on any atom is -0.496 e. The number of hydrogen-bond donors (Lipinski definition) is 0. The van der Waals surface area contributed by atoms with Crippen LogP contribution in [0.2, 0.25) is 5.15 Å². The van der Waals surface area contributed by atoms with Crippen LogP contribution in [0.5, 0.6) is 5.75 Å². The Bertz CT molecular complexity index is 785. The lowest BCUT2D eigenvalue weighted by Crippen LogP contribution is -1.99. The summed E-state index contributed by atoms with van der Waals surface area (Å²) in [6.07, 6.45) is 1.60. The minimum absolute atomic E-state index is 0.529. The van der Waals surface area contributed by atoms with E-state index in [0.717, 1.165) is 33.8 Å². The van der Waals surface area contributed by atoms with Crippen molar-refractivity contribution in [3.05, 3.63) is 51.7 Å². The van der Waals surface area contributed by atoms with Crippen molar-refractivity contribution >= 4 is 33.2 Å². The summed E-state index contributed by atoms with van der Waals surface area (Å²) in [6, 6.07) is 9.97. The van der Waals surface area contributed by atoms with Crippen molar-refractivity contribution in [2.75, 3.05) is 7.11 Å². The standard InChI is InChI=1S/C16H15ClN2OS/c1-3-11-9-12-15(17)18-14(19-16(12)21-11)8-10-6-4-5-7-13(10)20-2/h4-7,9H,3,8H2,1-2H3. The molecule has 21 heavy (non-hydrogen) atoms. The molecule has 0 saturated heterocycles. The molecule has 3 nitrogen and oxygen atoms in total. The molecule has 2 aromatic heterocycles. The maximum absolute atomic E-state index is 6.30. The lowest BCUT2D eigenvalue weighted by Gasteiger charge is -2.07. The highest BCUT2D eigenvalue weighted by molar-refractivity contribution is 7.18. The number of fused-ring (bicyclic) bond motifs is 1. The lowest BCUT2D eigenvalue weighted by atomic mass is 10.1. The van der Waals surface area contributed by atoms with Crippen molar-refractivity contribution in [3.8, 4) is 5.75 Å². The number of thiophene rings is 1. The van der Waals surface area contributed by atoms with Gasteiger partial charge in [-0.1, -0.05) is 36.7 Å². The van der Waals surface area contributed by atoms with Gasteiger partial charge in [0.15, 0.2) is 0 Å². The van der Waals surface area contributed by atoms with Crippen LogP contribution in [0.3, 0.4) is 0 Å². The highest BCUT2D eigenvalue weighted by atomic mass is 35.5. The zero-order valence-corrected chi connectivity index (χ0v) is 13.5. The van der Waals surface area contributed by atoms with Crippen molar-refractivity contribution < 1.29 is 4.74 Å². The van der Waals surface area contributed by atoms with E-state index in [4.69, 9.17) is 16.3 Å². The van der Waals surface area contributed by atoms with Crippen molar-refractivity contribution in [1.29, 1.82) is 0 Å². The van der Waals surface area contributed by atoms with Crippen molar-refractivity contribution in [3.63, 3.8) is 0 Å². The Balaban J connectivity index is 2.01. The summed E-state index contributed by atoms with van der Waals surface area (Å²) in [4.78, 5) is 11.3. The maximum atomic E-state index is 6.30. The van der Waals surface area contributed by atoms with Gasteiger partial charge in [0.1, 0.15) is 21.6 Å². The first-order chi connectivity index (χ1) is 10.2. The van der Waals surface area contributed by atoms with Gasteiger partial charge in [0.25, 0.3) is 0 Å². The van der Waals surface area contributed by atoms with Crippen LogP contribution in [-0.2, 0) is 12.8 Å². The summed E-state index contributed by atoms with van der Waals surface area (Å²) in [5.74, 6) is 1.57. The third kappa shape index (κ3) is 2.87. The molecule has 0 N–H and O–H groups in total. The summed E-state index contributed by atoms with van der Waals surface area (Å²) in [6.45, 7) is 2.13. The predicted octanol–water partition coefficient (Wildman–Crippen LogP) is 4.51. The minimum atomic E-state index is 0.529. The van der Waals surface area contributed by atoms with E-state index in [-0.39, 0.29) is 0 Å². The SMILES string of the molecule is CCc1cc2c(Cl)nc(Cc3ccccc3OC)nc2s1. The molecule has 0 saturated carbocycles. The summed E-state index contributed by atoms with van der Waals surface area (Å²) in [5.41, 5.74) is 1.06. The van der Waals surface area contributed by atoms with E-state index in [0.29, 0.717) is 11.6 Å². The number of hydrogen-bond acceptors (Lipinski definition) is 4. The van der Waals surface area contributed by atoms with Gasteiger partial charge in [-0.05, 0) is 18.6 Å². The van der Waals surface area contributed by atoms with Crippen LogP contribution in [0.25, 0.3) is 10.2 Å². The smallest absolute Gasteiger partial charge is 0.141 e. The Kier molecular flexibility index (Phi) is 4.08. The number of nitrogens with zero attached hydrogens (tertiary/aromatic N) is 2. The summed E-state index contributed by atoms with van der Waals surface area (Å²) in [7, 11) is 1.67. The number of benzene rings is 1. The van der Waals surface area contributed by atoms with Crippen LogP contribution in [0.4, 0.5) is 0 Å². The highest BCUT2D eigenvalue weighted by Gasteiger charge is 2.11. The number of halogens is 1. The normalized spacial score (nSPS) is 11.0. The number of ether oxygens (including phenoxy) is 1. The van der Waals surface area contributed by atoms with Gasteiger partial charge in [-0.3, -0.25) is 0 Å². The number of aryl methyl sites for hydroxylation is 1. The molecule has 0 aliphatic heterocycles. The van der Waals surface area contributed by atoms with Gasteiger partial charge in [0, 0.05) is 22.2 Å². The van der Waals surface area contributed by atoms with Crippen LogP contribution in [0.15, 0.2) is 30.3 Å². The molecule has 0 bridgehead atoms. The molecule has 0 aliphatic rings. The zero-order chi connectivity index (χ0) is 14.8. The van der Waals surface area contributed by atoms with Crippen molar-refractivity contribution in [1.82, 2.24) is 9.97 Å². The molecule has 2 heterocycles. The average molecular weight is 319 g/mol. The third-order valence-corrected chi connectivity index (χ3v) is 4.79. The topological polar surface area (TPSA) is 35.0 Å². The molecule has 0 amide bonds. The van der Waals surface area contributed by atoms with Gasteiger partial charge >= 0.3 is 0 Å². The fraction of sp³-hybridized carbons (Fsp3) is 0.250. The first-order valence-corrected chi connectivity index (χ1v) is 7.97. The summed E-state index contributed by atoms with van der Waals surface area (Å²) in [5, 5.41) is 1.48. The Morgan fingerprint density at radius 3 is 2.81 bits per heavy atom. The fourth-order valence-corrected chi connectivity index (χ4v) is 3.53. The van der Waals surface area contributed by atoms with Crippen LogP contribution in [0, 0.1) is 0 Å². The number of methoxy groups -OCH3 is 1. The number of para-hydroxylation sites is 1. The lowest BCUT2D eigenvalue weighted by molar-refractivity contribution is 0.410. The first kappa shape index (κ1) is 14.3. The molecule has 0 radical (unpaired) electrons. The van der Waals surface area contributed by atoms with Crippen molar-refractivity contribution in [2.45, 2.75) is 19.8 Å². The van der Waals surface area contributed by atoms with Crippen LogP contribution >= 0.6 is 22.9 Å². The largest absolute Gasteiger partial charge is 0.496 e. The second-order valence-electron chi connectivity index (χ2n) is 4.70. The predicted molar refractivity (Wildman–Crippen MR) is 87.6 cm³/mol. The van der Waals surface area contributed by atoms with Gasteiger partial charge in [-0.25, -0.2) is 9.97 Å². The summed E-state index contributed by atoms with van der Waals surface area (Å²) >= 11 is 7.98. The summed E-state index contributed by atoms with van der Waals surface area (Å²) < 4.78 is 5.37. The second kappa shape index (κ2) is 6.00. The second-order valence-corrected chi connectivity index (χ2v) is 6.18. The van der Waals surface area contributed by atoms with Gasteiger partial charge in [-0.2, -0.15) is 0 Å². The van der Waals surface area contributed by atoms with E-state index < -0.39 is 0 Å². The van der Waals surface area contributed by atoms with Crippen molar-refractivity contribution in [2.24, 2.45) is 0 Å². The average Bonchev–Trinajstić information content (AvgIpc) is 2.91. The Labute approximate surface area is 132 Å². The van der Waals surface area contributed by atoms with Crippen LogP contribution < -0.4 is 4.74 Å². The fourth-order valence-electron chi connectivity index (χ4n) is 2.25. The maximum Gasteiger partial charge on any atom is 0.141 e. The number of rotatable bonds is 4.